The Morgan fingerprint density at radius 2 is 1.86 bits per heavy atom. The first-order chi connectivity index (χ1) is 16.9. The summed E-state index contributed by atoms with van der Waals surface area (Å²) in [5.41, 5.74) is 2.30. The van der Waals surface area contributed by atoms with Gasteiger partial charge in [-0.1, -0.05) is 56.5 Å². The molecule has 3 aromatic rings. The number of para-hydroxylation sites is 2. The molecule has 1 saturated heterocycles. The van der Waals surface area contributed by atoms with Crippen molar-refractivity contribution < 1.29 is 14.4 Å². The van der Waals surface area contributed by atoms with Gasteiger partial charge in [0.2, 0.25) is 0 Å². The molecule has 3 heterocycles. The molecule has 0 bridgehead atoms. The number of fused-ring (bicyclic) bond motifs is 5. The molecule has 7 heteroatoms. The number of urea groups is 1. The second-order valence-electron chi connectivity index (χ2n) is 9.81. The van der Waals surface area contributed by atoms with E-state index < -0.39 is 11.6 Å². The summed E-state index contributed by atoms with van der Waals surface area (Å²) >= 11 is 0. The normalized spacial score (nSPS) is 20.2. The van der Waals surface area contributed by atoms with Gasteiger partial charge in [0.25, 0.3) is 11.8 Å². The summed E-state index contributed by atoms with van der Waals surface area (Å²) < 4.78 is 0. The summed E-state index contributed by atoms with van der Waals surface area (Å²) in [4.78, 5) is 47.1. The number of benzene rings is 2. The Hall–Kier alpha value is -3.61. The summed E-state index contributed by atoms with van der Waals surface area (Å²) in [5.74, 6) is -0.613. The molecule has 2 aliphatic heterocycles. The Balaban J connectivity index is 1.49. The monoisotopic (exact) mass is 472 g/mol. The van der Waals surface area contributed by atoms with Gasteiger partial charge in [0.1, 0.15) is 0 Å². The van der Waals surface area contributed by atoms with Crippen LogP contribution in [-0.2, 0) is 16.8 Å². The highest BCUT2D eigenvalue weighted by molar-refractivity contribution is 6.25. The molecule has 182 valence electrons. The minimum absolute atomic E-state index is 0.00448. The van der Waals surface area contributed by atoms with Crippen molar-refractivity contribution in [2.75, 3.05) is 11.4 Å². The molecule has 1 fully saturated rings. The van der Waals surface area contributed by atoms with Crippen molar-refractivity contribution in [3.05, 3.63) is 65.4 Å². The maximum absolute atomic E-state index is 14.0. The molecule has 0 saturated carbocycles. The van der Waals surface area contributed by atoms with E-state index in [-0.39, 0.29) is 17.9 Å². The first-order valence-corrected chi connectivity index (χ1v) is 12.5. The number of amides is 4. The van der Waals surface area contributed by atoms with E-state index in [0.29, 0.717) is 24.2 Å². The zero-order valence-electron chi connectivity index (χ0n) is 20.6. The van der Waals surface area contributed by atoms with Gasteiger partial charge in [0, 0.05) is 23.5 Å². The van der Waals surface area contributed by atoms with Crippen LogP contribution in [0.25, 0.3) is 10.9 Å². The molecule has 5 rings (SSSR count). The van der Waals surface area contributed by atoms with Crippen LogP contribution in [-0.4, -0.2) is 40.3 Å². The van der Waals surface area contributed by atoms with Crippen LogP contribution in [0.4, 0.5) is 10.5 Å². The Bertz CT molecular complexity index is 1310. The molecule has 7 nitrogen and oxygen atoms in total. The number of carbonyl (C=O) groups is 3. The molecule has 2 aromatic carbocycles. The first-order valence-electron chi connectivity index (χ1n) is 12.5. The van der Waals surface area contributed by atoms with E-state index in [1.54, 1.807) is 36.1 Å². The van der Waals surface area contributed by atoms with E-state index in [9.17, 15) is 14.4 Å². The fourth-order valence-corrected chi connectivity index (χ4v) is 5.54. The van der Waals surface area contributed by atoms with E-state index >= 15 is 0 Å². The largest absolute Gasteiger partial charge is 0.356 e. The minimum atomic E-state index is -1.15. The highest BCUT2D eigenvalue weighted by atomic mass is 16.2. The number of rotatable bonds is 7. The zero-order chi connectivity index (χ0) is 24.7. The Labute approximate surface area is 205 Å². The minimum Gasteiger partial charge on any atom is -0.356 e. The van der Waals surface area contributed by atoms with Crippen LogP contribution >= 0.6 is 0 Å². The van der Waals surface area contributed by atoms with E-state index in [2.05, 4.69) is 17.2 Å². The molecule has 1 aromatic heterocycles. The third-order valence-corrected chi connectivity index (χ3v) is 7.48. The lowest BCUT2D eigenvalue weighted by atomic mass is 9.87. The molecule has 0 radical (unpaired) electrons. The van der Waals surface area contributed by atoms with E-state index in [1.165, 1.54) is 4.90 Å². The lowest BCUT2D eigenvalue weighted by Gasteiger charge is -2.35. The molecule has 2 N–H and O–H groups in total. The Morgan fingerprint density at radius 1 is 1.11 bits per heavy atom. The average Bonchev–Trinajstić information content (AvgIpc) is 3.33. The van der Waals surface area contributed by atoms with Crippen LogP contribution in [0, 0.1) is 0 Å². The van der Waals surface area contributed by atoms with Crippen molar-refractivity contribution in [2.24, 2.45) is 0 Å². The van der Waals surface area contributed by atoms with Crippen LogP contribution in [0.2, 0.25) is 0 Å². The second-order valence-corrected chi connectivity index (χ2v) is 9.81. The van der Waals surface area contributed by atoms with Gasteiger partial charge in [-0.2, -0.15) is 0 Å². The van der Waals surface area contributed by atoms with Gasteiger partial charge < -0.3 is 15.2 Å². The zero-order valence-corrected chi connectivity index (χ0v) is 20.6. The van der Waals surface area contributed by atoms with Crippen molar-refractivity contribution >= 4 is 34.4 Å². The van der Waals surface area contributed by atoms with E-state index in [0.717, 1.165) is 47.8 Å². The van der Waals surface area contributed by atoms with Crippen LogP contribution in [0.15, 0.2) is 48.5 Å². The quantitative estimate of drug-likeness (QED) is 0.370. The first kappa shape index (κ1) is 23.1. The summed E-state index contributed by atoms with van der Waals surface area (Å²) in [6.07, 6.45) is 4.84. The predicted octanol–water partition coefficient (Wildman–Crippen LogP) is 5.11. The maximum Gasteiger partial charge on any atom is 0.332 e. The summed E-state index contributed by atoms with van der Waals surface area (Å²) in [5, 5.41) is 4.13. The molecule has 0 spiro atoms. The number of unbranched alkanes of at least 4 members (excludes halogenated alkanes) is 2. The van der Waals surface area contributed by atoms with E-state index in [4.69, 9.17) is 0 Å². The van der Waals surface area contributed by atoms with Crippen molar-refractivity contribution in [1.82, 2.24) is 15.2 Å². The van der Waals surface area contributed by atoms with Gasteiger partial charge in [-0.15, -0.1) is 0 Å². The number of hydrogen-bond acceptors (Lipinski definition) is 3. The number of aromatic nitrogens is 1. The number of carbonyl (C=O) groups excluding carboxylic acids is 3. The highest BCUT2D eigenvalue weighted by Gasteiger charge is 2.59. The standard InChI is InChI=1S/C28H32N4O3/c1-4-5-6-11-18(2)29-25(33)21-13-8-10-15-23(21)32-26(34)28(3)24-20(16-17-31(28)27(32)35)19-12-7-9-14-22(19)30-24/h7-10,12-15,18,30H,4-6,11,16-17H2,1-3H3,(H,29,33)/t18?,28-/m0/s1. The number of nitrogens with one attached hydrogen (secondary N) is 2. The Morgan fingerprint density at radius 3 is 2.66 bits per heavy atom. The summed E-state index contributed by atoms with van der Waals surface area (Å²) in [6.45, 7) is 6.38. The van der Waals surface area contributed by atoms with E-state index in [1.807, 2.05) is 31.2 Å². The number of hydrogen-bond donors (Lipinski definition) is 2. The van der Waals surface area contributed by atoms with Crippen LogP contribution in [0.3, 0.4) is 0 Å². The Kier molecular flexibility index (Phi) is 5.87. The molecular formula is C28H32N4O3. The van der Waals surface area contributed by atoms with Gasteiger partial charge >= 0.3 is 6.03 Å². The van der Waals surface area contributed by atoms with Crippen LogP contribution in [0.1, 0.15) is 68.1 Å². The topological polar surface area (TPSA) is 85.5 Å². The lowest BCUT2D eigenvalue weighted by Crippen LogP contribution is -2.49. The highest BCUT2D eigenvalue weighted by Crippen LogP contribution is 2.45. The number of aromatic amines is 1. The fourth-order valence-electron chi connectivity index (χ4n) is 5.54. The van der Waals surface area contributed by atoms with Crippen molar-refractivity contribution in [3.63, 3.8) is 0 Å². The smallest absolute Gasteiger partial charge is 0.332 e. The van der Waals surface area contributed by atoms with Gasteiger partial charge in [0.15, 0.2) is 5.54 Å². The SMILES string of the molecule is CCCCCC(C)NC(=O)c1ccccc1N1C(=O)N2CCc3c([nH]c4ccccc34)[C@@]2(C)C1=O. The van der Waals surface area contributed by atoms with Gasteiger partial charge in [0.05, 0.1) is 16.9 Å². The summed E-state index contributed by atoms with van der Waals surface area (Å²) in [6, 6.07) is 14.5. The van der Waals surface area contributed by atoms with Gasteiger partial charge in [-0.3, -0.25) is 9.59 Å². The van der Waals surface area contributed by atoms with Gasteiger partial charge in [-0.05, 0) is 50.5 Å². The lowest BCUT2D eigenvalue weighted by molar-refractivity contribution is -0.125. The molecule has 1 unspecified atom stereocenters. The average molecular weight is 473 g/mol. The maximum atomic E-state index is 14.0. The molecule has 35 heavy (non-hydrogen) atoms. The third kappa shape index (κ3) is 3.61. The number of imide groups is 1. The van der Waals surface area contributed by atoms with Gasteiger partial charge in [-0.25, -0.2) is 9.69 Å². The third-order valence-electron chi connectivity index (χ3n) is 7.48. The fraction of sp³-hybridized carbons (Fsp3) is 0.393. The molecule has 2 aliphatic rings. The predicted molar refractivity (Wildman–Crippen MR) is 136 cm³/mol. The molecule has 2 atom stereocenters. The van der Waals surface area contributed by atoms with Crippen LogP contribution in [0.5, 0.6) is 0 Å². The molecular weight excluding hydrogens is 440 g/mol. The summed E-state index contributed by atoms with van der Waals surface area (Å²) in [7, 11) is 0. The van der Waals surface area contributed by atoms with Crippen molar-refractivity contribution in [2.45, 2.75) is 64.5 Å². The van der Waals surface area contributed by atoms with Crippen molar-refractivity contribution in [1.29, 1.82) is 0 Å². The second kappa shape index (κ2) is 8.87. The number of anilines is 1. The van der Waals surface area contributed by atoms with Crippen LogP contribution < -0.4 is 10.2 Å². The molecule has 4 amide bonds. The number of nitrogens with zero attached hydrogens (tertiary/aromatic N) is 2. The number of H-pyrrole nitrogens is 1. The van der Waals surface area contributed by atoms with Crippen molar-refractivity contribution in [3.8, 4) is 0 Å². The molecule has 0 aliphatic carbocycles.